The molecule has 0 amide bonds. The summed E-state index contributed by atoms with van der Waals surface area (Å²) in [6, 6.07) is 2.87. The van der Waals surface area contributed by atoms with E-state index in [9.17, 15) is 4.79 Å². The zero-order valence-corrected chi connectivity index (χ0v) is 11.4. The molecule has 17 heavy (non-hydrogen) atoms. The van der Waals surface area contributed by atoms with E-state index in [1.165, 1.54) is 0 Å². The first-order valence-electron chi connectivity index (χ1n) is 6.45. The molecule has 1 aromatic heterocycles. The number of rotatable bonds is 2. The van der Waals surface area contributed by atoms with Crippen LogP contribution >= 0.6 is 0 Å². The highest BCUT2D eigenvalue weighted by Gasteiger charge is 2.25. The highest BCUT2D eigenvalue weighted by Crippen LogP contribution is 2.28. The molecule has 0 radical (unpaired) electrons. The van der Waals surface area contributed by atoms with Crippen molar-refractivity contribution in [1.29, 1.82) is 0 Å². The topological polar surface area (TPSA) is 25.2 Å². The molecule has 0 saturated carbocycles. The summed E-state index contributed by atoms with van der Waals surface area (Å²) in [4.78, 5) is 14.8. The number of aryl methyl sites for hydroxylation is 1. The van der Waals surface area contributed by atoms with Gasteiger partial charge >= 0.3 is 0 Å². The largest absolute Gasteiger partial charge is 0.368 e. The maximum atomic E-state index is 12.4. The molecule has 1 aliphatic heterocycles. The third-order valence-corrected chi connectivity index (χ3v) is 3.56. The maximum Gasteiger partial charge on any atom is 0.256 e. The molecule has 1 aromatic rings. The Balaban J connectivity index is 2.61. The van der Waals surface area contributed by atoms with E-state index in [0.29, 0.717) is 6.04 Å². The van der Waals surface area contributed by atoms with E-state index in [-0.39, 0.29) is 11.6 Å². The van der Waals surface area contributed by atoms with E-state index >= 15 is 0 Å². The summed E-state index contributed by atoms with van der Waals surface area (Å²) in [5.74, 6) is 0. The van der Waals surface area contributed by atoms with E-state index < -0.39 is 0 Å². The lowest BCUT2D eigenvalue weighted by atomic mass is 10.1. The molecule has 0 saturated heterocycles. The van der Waals surface area contributed by atoms with E-state index in [0.717, 1.165) is 29.9 Å². The van der Waals surface area contributed by atoms with E-state index in [1.54, 1.807) is 0 Å². The average molecular weight is 234 g/mol. The number of hydrogen-bond donors (Lipinski definition) is 0. The van der Waals surface area contributed by atoms with Crippen molar-refractivity contribution in [2.75, 3.05) is 11.4 Å². The number of pyridine rings is 1. The quantitative estimate of drug-likeness (QED) is 0.785. The summed E-state index contributed by atoms with van der Waals surface area (Å²) in [6.07, 6.45) is 0.888. The number of nitrogens with zero attached hydrogens (tertiary/aromatic N) is 2. The molecule has 94 valence electrons. The molecule has 0 fully saturated rings. The maximum absolute atomic E-state index is 12.4. The summed E-state index contributed by atoms with van der Waals surface area (Å²) >= 11 is 0. The minimum absolute atomic E-state index is 0.207. The normalized spacial score (nSPS) is 14.9. The minimum atomic E-state index is 0.207. The number of aromatic nitrogens is 1. The van der Waals surface area contributed by atoms with Crippen molar-refractivity contribution in [1.82, 2.24) is 4.57 Å². The number of fused-ring (bicyclic) bond motifs is 1. The van der Waals surface area contributed by atoms with Gasteiger partial charge in [-0.3, -0.25) is 4.79 Å². The summed E-state index contributed by atoms with van der Waals surface area (Å²) in [5, 5.41) is 0. The average Bonchev–Trinajstić information content (AvgIpc) is 2.60. The third-order valence-electron chi connectivity index (χ3n) is 3.56. The Bertz CT molecular complexity index is 486. The second kappa shape index (κ2) is 4.21. The SMILES string of the molecule is Cc1cc2c(c(=O)n1C(C)C)CCN2C(C)C. The molecule has 0 N–H and O–H groups in total. The summed E-state index contributed by atoms with van der Waals surface area (Å²) < 4.78 is 1.91. The highest BCUT2D eigenvalue weighted by molar-refractivity contribution is 5.58. The lowest BCUT2D eigenvalue weighted by Crippen LogP contribution is -2.30. The molecule has 2 rings (SSSR count). The van der Waals surface area contributed by atoms with E-state index in [1.807, 2.05) is 11.5 Å². The van der Waals surface area contributed by atoms with Gasteiger partial charge in [0.05, 0.1) is 0 Å². The van der Waals surface area contributed by atoms with Gasteiger partial charge in [-0.15, -0.1) is 0 Å². The Morgan fingerprint density at radius 1 is 1.18 bits per heavy atom. The Morgan fingerprint density at radius 2 is 1.82 bits per heavy atom. The molecule has 0 atom stereocenters. The van der Waals surface area contributed by atoms with Gasteiger partial charge < -0.3 is 9.47 Å². The van der Waals surface area contributed by atoms with Gasteiger partial charge in [0.25, 0.3) is 5.56 Å². The zero-order valence-electron chi connectivity index (χ0n) is 11.4. The standard InChI is InChI=1S/C14H22N2O/c1-9(2)15-7-6-12-13(15)8-11(5)16(10(3)4)14(12)17/h8-10H,6-7H2,1-5H3. The van der Waals surface area contributed by atoms with Crippen LogP contribution in [0.4, 0.5) is 5.69 Å². The van der Waals surface area contributed by atoms with Crippen LogP contribution in [-0.4, -0.2) is 17.2 Å². The third kappa shape index (κ3) is 1.88. The first-order valence-corrected chi connectivity index (χ1v) is 6.45. The van der Waals surface area contributed by atoms with Crippen LogP contribution in [0.5, 0.6) is 0 Å². The lowest BCUT2D eigenvalue weighted by Gasteiger charge is -2.25. The van der Waals surface area contributed by atoms with Crippen molar-refractivity contribution in [2.45, 2.75) is 53.1 Å². The molecule has 2 heterocycles. The van der Waals surface area contributed by atoms with Gasteiger partial charge in [-0.05, 0) is 47.1 Å². The zero-order chi connectivity index (χ0) is 12.7. The summed E-state index contributed by atoms with van der Waals surface area (Å²) in [5.41, 5.74) is 3.42. The van der Waals surface area contributed by atoms with Crippen LogP contribution in [0.1, 0.15) is 45.0 Å². The van der Waals surface area contributed by atoms with Crippen molar-refractivity contribution in [3.05, 3.63) is 27.7 Å². The van der Waals surface area contributed by atoms with Gasteiger partial charge in [0, 0.05) is 35.6 Å². The Morgan fingerprint density at radius 3 is 2.35 bits per heavy atom. The number of hydrogen-bond acceptors (Lipinski definition) is 2. The molecular weight excluding hydrogens is 212 g/mol. The van der Waals surface area contributed by atoms with Crippen molar-refractivity contribution in [3.63, 3.8) is 0 Å². The fraction of sp³-hybridized carbons (Fsp3) is 0.643. The molecule has 1 aliphatic rings. The van der Waals surface area contributed by atoms with Crippen molar-refractivity contribution >= 4 is 5.69 Å². The second-order valence-electron chi connectivity index (χ2n) is 5.46. The molecule has 0 aliphatic carbocycles. The molecular formula is C14H22N2O. The van der Waals surface area contributed by atoms with Gasteiger partial charge in [-0.2, -0.15) is 0 Å². The first-order chi connectivity index (χ1) is 7.93. The number of anilines is 1. The first kappa shape index (κ1) is 12.2. The fourth-order valence-electron chi connectivity index (χ4n) is 2.79. The smallest absolute Gasteiger partial charge is 0.256 e. The van der Waals surface area contributed by atoms with Crippen LogP contribution in [0, 0.1) is 6.92 Å². The van der Waals surface area contributed by atoms with E-state index in [4.69, 9.17) is 0 Å². The van der Waals surface area contributed by atoms with Gasteiger partial charge in [-0.25, -0.2) is 0 Å². The summed E-state index contributed by atoms with van der Waals surface area (Å²) in [6.45, 7) is 11.5. The summed E-state index contributed by atoms with van der Waals surface area (Å²) in [7, 11) is 0. The van der Waals surface area contributed by atoms with Crippen molar-refractivity contribution in [3.8, 4) is 0 Å². The predicted molar refractivity (Wildman–Crippen MR) is 72.0 cm³/mol. The van der Waals surface area contributed by atoms with Crippen molar-refractivity contribution in [2.24, 2.45) is 0 Å². The van der Waals surface area contributed by atoms with Crippen LogP contribution in [0.3, 0.4) is 0 Å². The van der Waals surface area contributed by atoms with Crippen LogP contribution in [0.15, 0.2) is 10.9 Å². The van der Waals surface area contributed by atoms with Gasteiger partial charge in [-0.1, -0.05) is 0 Å². The van der Waals surface area contributed by atoms with Crippen LogP contribution in [0.2, 0.25) is 0 Å². The molecule has 0 bridgehead atoms. The predicted octanol–water partition coefficient (Wildman–Crippen LogP) is 2.51. The molecule has 0 spiro atoms. The van der Waals surface area contributed by atoms with Gasteiger partial charge in [0.15, 0.2) is 0 Å². The molecule has 0 aromatic carbocycles. The van der Waals surface area contributed by atoms with Crippen LogP contribution < -0.4 is 10.5 Å². The second-order valence-corrected chi connectivity index (χ2v) is 5.46. The van der Waals surface area contributed by atoms with Crippen molar-refractivity contribution < 1.29 is 0 Å². The molecule has 0 unspecified atom stereocenters. The lowest BCUT2D eigenvalue weighted by molar-refractivity contribution is 0.560. The highest BCUT2D eigenvalue weighted by atomic mass is 16.1. The minimum Gasteiger partial charge on any atom is -0.368 e. The molecule has 3 heteroatoms. The monoisotopic (exact) mass is 234 g/mol. The Hall–Kier alpha value is -1.25. The van der Waals surface area contributed by atoms with Crippen LogP contribution in [-0.2, 0) is 6.42 Å². The van der Waals surface area contributed by atoms with E-state index in [2.05, 4.69) is 38.7 Å². The Kier molecular flexibility index (Phi) is 3.02. The van der Waals surface area contributed by atoms with Crippen LogP contribution in [0.25, 0.3) is 0 Å². The molecule has 3 nitrogen and oxygen atoms in total. The van der Waals surface area contributed by atoms with Gasteiger partial charge in [0.1, 0.15) is 0 Å². The Labute approximate surface area is 103 Å². The fourth-order valence-corrected chi connectivity index (χ4v) is 2.79. The van der Waals surface area contributed by atoms with Gasteiger partial charge in [0.2, 0.25) is 0 Å².